The number of hydrogen-bond acceptors (Lipinski definition) is 4. The van der Waals surface area contributed by atoms with Gasteiger partial charge in [0.25, 0.3) is 5.56 Å². The molecule has 0 amide bonds. The van der Waals surface area contributed by atoms with Crippen LogP contribution in [0, 0.1) is 7.14 Å². The van der Waals surface area contributed by atoms with E-state index >= 15 is 0 Å². The molecule has 0 bridgehead atoms. The Hall–Kier alpha value is -1.95. The van der Waals surface area contributed by atoms with Gasteiger partial charge >= 0.3 is 0 Å². The van der Waals surface area contributed by atoms with Crippen molar-refractivity contribution < 1.29 is 5.11 Å². The van der Waals surface area contributed by atoms with Crippen molar-refractivity contribution in [2.45, 2.75) is 18.9 Å². The van der Waals surface area contributed by atoms with E-state index in [1.54, 1.807) is 6.08 Å². The molecule has 3 aromatic carbocycles. The van der Waals surface area contributed by atoms with Gasteiger partial charge in [-0.15, -0.1) is 0 Å². The minimum Gasteiger partial charge on any atom is -0.506 e. The number of aryl methyl sites for hydroxylation is 1. The monoisotopic (exact) mass is 722 g/mol. The highest BCUT2D eigenvalue weighted by Gasteiger charge is 2.32. The van der Waals surface area contributed by atoms with Gasteiger partial charge in [0.1, 0.15) is 5.75 Å². The summed E-state index contributed by atoms with van der Waals surface area (Å²) in [5, 5.41) is 11.3. The number of thiazole rings is 1. The molecular weight excluding hydrogens is 706 g/mol. The Morgan fingerprint density at radius 2 is 1.86 bits per heavy atom. The zero-order valence-corrected chi connectivity index (χ0v) is 24.0. The molecule has 1 N–H and O–H groups in total. The Morgan fingerprint density at radius 3 is 2.66 bits per heavy atom. The molecular formula is C27H17ClI2N2O2S. The Kier molecular flexibility index (Phi) is 6.14. The lowest BCUT2D eigenvalue weighted by Gasteiger charge is -2.30. The quantitative estimate of drug-likeness (QED) is 0.263. The first-order valence-electron chi connectivity index (χ1n) is 11.0. The van der Waals surface area contributed by atoms with E-state index in [2.05, 4.69) is 63.4 Å². The van der Waals surface area contributed by atoms with Gasteiger partial charge < -0.3 is 5.11 Å². The molecule has 2 heterocycles. The maximum Gasteiger partial charge on any atom is 0.271 e. The maximum absolute atomic E-state index is 13.8. The molecule has 0 spiro atoms. The SMILES string of the molecule is O=c1/c(=C\c2cc(I)cc(I)c2O)sc2n1[C@H](c1ccc(Cl)cc1)C1=C(N=2)c2ccccc2CC1. The second kappa shape index (κ2) is 9.17. The van der Waals surface area contributed by atoms with Crippen LogP contribution in [0.5, 0.6) is 5.75 Å². The summed E-state index contributed by atoms with van der Waals surface area (Å²) in [6, 6.07) is 19.6. The zero-order chi connectivity index (χ0) is 24.3. The van der Waals surface area contributed by atoms with Crippen LogP contribution >= 0.6 is 68.1 Å². The number of nitrogens with zero attached hydrogens (tertiary/aromatic N) is 2. The van der Waals surface area contributed by atoms with Gasteiger partial charge in [0.15, 0.2) is 4.80 Å². The third kappa shape index (κ3) is 4.10. The van der Waals surface area contributed by atoms with Crippen LogP contribution in [0.15, 0.2) is 76.0 Å². The summed E-state index contributed by atoms with van der Waals surface area (Å²) in [6.07, 6.45) is 3.52. The van der Waals surface area contributed by atoms with Crippen molar-refractivity contribution in [3.63, 3.8) is 0 Å². The first-order chi connectivity index (χ1) is 16.9. The highest BCUT2D eigenvalue weighted by Crippen LogP contribution is 2.41. The van der Waals surface area contributed by atoms with E-state index in [0.29, 0.717) is 19.9 Å². The molecule has 0 fully saturated rings. The second-order valence-corrected chi connectivity index (χ2v) is 12.3. The molecule has 8 heteroatoms. The molecule has 6 rings (SSSR count). The van der Waals surface area contributed by atoms with Crippen LogP contribution in [0.4, 0.5) is 0 Å². The van der Waals surface area contributed by atoms with Gasteiger partial charge in [0.05, 0.1) is 19.8 Å². The van der Waals surface area contributed by atoms with Gasteiger partial charge in [-0.3, -0.25) is 9.36 Å². The molecule has 1 aliphatic heterocycles. The summed E-state index contributed by atoms with van der Waals surface area (Å²) >= 11 is 11.9. The molecule has 0 unspecified atom stereocenters. The lowest BCUT2D eigenvalue weighted by Crippen LogP contribution is -2.38. The van der Waals surface area contributed by atoms with Crippen LogP contribution in [0.3, 0.4) is 0 Å². The number of fused-ring (bicyclic) bond motifs is 3. The molecule has 1 atom stereocenters. The first kappa shape index (κ1) is 23.4. The average molecular weight is 723 g/mol. The van der Waals surface area contributed by atoms with Crippen LogP contribution in [0.2, 0.25) is 5.02 Å². The normalized spacial score (nSPS) is 17.0. The fourth-order valence-corrected chi connectivity index (χ4v) is 7.81. The van der Waals surface area contributed by atoms with Gasteiger partial charge in [-0.05, 0) is 105 Å². The number of aromatic nitrogens is 1. The van der Waals surface area contributed by atoms with Gasteiger partial charge in [0, 0.05) is 19.7 Å². The smallest absolute Gasteiger partial charge is 0.271 e. The van der Waals surface area contributed by atoms with Gasteiger partial charge in [-0.1, -0.05) is 59.3 Å². The van der Waals surface area contributed by atoms with E-state index in [9.17, 15) is 9.90 Å². The zero-order valence-electron chi connectivity index (χ0n) is 18.1. The van der Waals surface area contributed by atoms with Crippen LogP contribution < -0.4 is 14.9 Å². The van der Waals surface area contributed by atoms with Crippen molar-refractivity contribution in [2.75, 3.05) is 0 Å². The molecule has 1 aromatic heterocycles. The molecule has 174 valence electrons. The van der Waals surface area contributed by atoms with E-state index in [4.69, 9.17) is 16.6 Å². The molecule has 0 radical (unpaired) electrons. The van der Waals surface area contributed by atoms with Gasteiger partial charge in [0.2, 0.25) is 0 Å². The molecule has 2 aliphatic rings. The van der Waals surface area contributed by atoms with Crippen LogP contribution in [0.25, 0.3) is 11.8 Å². The topological polar surface area (TPSA) is 54.6 Å². The molecule has 4 nitrogen and oxygen atoms in total. The Balaban J connectivity index is 1.64. The predicted octanol–water partition coefficient (Wildman–Crippen LogP) is 5.89. The van der Waals surface area contributed by atoms with E-state index in [0.717, 1.165) is 42.4 Å². The fraction of sp³-hybridized carbons (Fsp3) is 0.111. The maximum atomic E-state index is 13.8. The molecule has 35 heavy (non-hydrogen) atoms. The van der Waals surface area contributed by atoms with Crippen molar-refractivity contribution in [1.82, 2.24) is 4.57 Å². The van der Waals surface area contributed by atoms with Crippen LogP contribution in [-0.2, 0) is 6.42 Å². The number of phenolic OH excluding ortho intramolecular Hbond substituents is 1. The summed E-state index contributed by atoms with van der Waals surface area (Å²) in [5.74, 6) is 0.180. The summed E-state index contributed by atoms with van der Waals surface area (Å²) in [4.78, 5) is 19.5. The molecule has 0 saturated heterocycles. The van der Waals surface area contributed by atoms with E-state index < -0.39 is 0 Å². The number of allylic oxidation sites excluding steroid dienone is 1. The van der Waals surface area contributed by atoms with Crippen molar-refractivity contribution in [3.05, 3.63) is 120 Å². The molecule has 4 aromatic rings. The average Bonchev–Trinajstić information content (AvgIpc) is 3.16. The van der Waals surface area contributed by atoms with Crippen molar-refractivity contribution in [1.29, 1.82) is 0 Å². The standard InChI is InChI=1S/C27H17ClI2N2O2S/c28-17-8-5-15(6-9-17)24-20-10-7-14-3-1-2-4-19(14)23(20)31-27-32(24)26(34)22(35-27)12-16-11-18(29)13-21(30)25(16)33/h1-6,8-9,11-13,24,33H,7,10H2/b22-12+/t24-/m1/s1. The van der Waals surface area contributed by atoms with E-state index in [1.165, 1.54) is 16.9 Å². The second-order valence-electron chi connectivity index (χ2n) is 8.49. The lowest BCUT2D eigenvalue weighted by atomic mass is 9.83. The minimum absolute atomic E-state index is 0.104. The largest absolute Gasteiger partial charge is 0.506 e. The number of rotatable bonds is 2. The lowest BCUT2D eigenvalue weighted by molar-refractivity contribution is 0.470. The van der Waals surface area contributed by atoms with Gasteiger partial charge in [-0.25, -0.2) is 4.99 Å². The van der Waals surface area contributed by atoms with E-state index in [-0.39, 0.29) is 17.4 Å². The summed E-state index contributed by atoms with van der Waals surface area (Å²) in [6.45, 7) is 0. The van der Waals surface area contributed by atoms with Gasteiger partial charge in [-0.2, -0.15) is 0 Å². The Labute approximate surface area is 237 Å². The highest BCUT2D eigenvalue weighted by molar-refractivity contribution is 14.1. The van der Waals surface area contributed by atoms with E-state index in [1.807, 2.05) is 47.0 Å². The predicted molar refractivity (Wildman–Crippen MR) is 158 cm³/mol. The van der Waals surface area contributed by atoms with Crippen molar-refractivity contribution in [3.8, 4) is 5.75 Å². The molecule has 1 aliphatic carbocycles. The summed E-state index contributed by atoms with van der Waals surface area (Å²) in [5.41, 5.74) is 6.06. The number of hydrogen-bond donors (Lipinski definition) is 1. The van der Waals surface area contributed by atoms with Crippen molar-refractivity contribution >= 4 is 79.9 Å². The Bertz CT molecular complexity index is 1720. The number of halogens is 3. The fourth-order valence-electron chi connectivity index (χ4n) is 4.80. The number of phenols is 1. The third-order valence-corrected chi connectivity index (χ3v) is 9.08. The van der Waals surface area contributed by atoms with Crippen molar-refractivity contribution in [2.24, 2.45) is 4.99 Å². The third-order valence-electron chi connectivity index (χ3n) is 6.40. The summed E-state index contributed by atoms with van der Waals surface area (Å²) < 4.78 is 4.10. The number of benzene rings is 3. The molecule has 0 saturated carbocycles. The van der Waals surface area contributed by atoms with Crippen LogP contribution in [0.1, 0.15) is 34.7 Å². The number of aromatic hydroxyl groups is 1. The van der Waals surface area contributed by atoms with Crippen LogP contribution in [-0.4, -0.2) is 9.67 Å². The minimum atomic E-state index is -0.251. The summed E-state index contributed by atoms with van der Waals surface area (Å²) in [7, 11) is 0. The highest BCUT2D eigenvalue weighted by atomic mass is 127. The Morgan fingerprint density at radius 1 is 1.09 bits per heavy atom. The first-order valence-corrected chi connectivity index (χ1v) is 14.3.